The van der Waals surface area contributed by atoms with E-state index in [9.17, 15) is 9.59 Å². The summed E-state index contributed by atoms with van der Waals surface area (Å²) in [6.45, 7) is 1.81. The number of anilines is 2. The number of amides is 2. The Balaban J connectivity index is 1.84. The van der Waals surface area contributed by atoms with E-state index in [-0.39, 0.29) is 18.2 Å². The lowest BCUT2D eigenvalue weighted by atomic mass is 10.1. The van der Waals surface area contributed by atoms with Crippen molar-refractivity contribution >= 4 is 23.3 Å². The van der Waals surface area contributed by atoms with Crippen LogP contribution in [0.5, 0.6) is 11.5 Å². The van der Waals surface area contributed by atoms with E-state index in [2.05, 4.69) is 15.7 Å². The Kier molecular flexibility index (Phi) is 4.11. The third kappa shape index (κ3) is 2.90. The summed E-state index contributed by atoms with van der Waals surface area (Å²) in [5.74, 6) is 1.07. The zero-order chi connectivity index (χ0) is 17.3. The number of methoxy groups -OCH3 is 2. The van der Waals surface area contributed by atoms with Crippen LogP contribution in [-0.4, -0.2) is 35.8 Å². The molecule has 1 aromatic carbocycles. The number of carbonyl (C=O) groups excluding carboxylic acids is 2. The van der Waals surface area contributed by atoms with E-state index in [1.165, 1.54) is 11.8 Å². The van der Waals surface area contributed by atoms with Gasteiger partial charge in [-0.1, -0.05) is 0 Å². The lowest BCUT2D eigenvalue weighted by Gasteiger charge is -2.23. The minimum absolute atomic E-state index is 0.0350. The number of benzene rings is 1. The van der Waals surface area contributed by atoms with Gasteiger partial charge in [0.25, 0.3) is 0 Å². The van der Waals surface area contributed by atoms with Crippen LogP contribution in [0.4, 0.5) is 11.5 Å². The van der Waals surface area contributed by atoms with E-state index < -0.39 is 6.04 Å². The van der Waals surface area contributed by atoms with Gasteiger partial charge in [0.1, 0.15) is 11.9 Å². The maximum atomic E-state index is 12.6. The molecule has 1 unspecified atom stereocenters. The Labute approximate surface area is 138 Å². The van der Waals surface area contributed by atoms with Gasteiger partial charge < -0.3 is 20.1 Å². The van der Waals surface area contributed by atoms with E-state index in [4.69, 9.17) is 9.47 Å². The molecular weight excluding hydrogens is 312 g/mol. The fraction of sp³-hybridized carbons (Fsp3) is 0.312. The second-order valence-corrected chi connectivity index (χ2v) is 5.44. The highest BCUT2D eigenvalue weighted by Gasteiger charge is 2.31. The number of fused-ring (bicyclic) bond motifs is 1. The first-order valence-corrected chi connectivity index (χ1v) is 7.40. The van der Waals surface area contributed by atoms with Crippen LogP contribution >= 0.6 is 0 Å². The molecule has 0 bridgehead atoms. The summed E-state index contributed by atoms with van der Waals surface area (Å²) >= 11 is 0. The van der Waals surface area contributed by atoms with E-state index in [1.54, 1.807) is 38.3 Å². The summed E-state index contributed by atoms with van der Waals surface area (Å²) in [5.41, 5.74) is 1.28. The molecule has 126 valence electrons. The van der Waals surface area contributed by atoms with Gasteiger partial charge in [-0.25, -0.2) is 4.68 Å². The van der Waals surface area contributed by atoms with Crippen molar-refractivity contribution < 1.29 is 19.1 Å². The number of nitrogens with zero attached hydrogens (tertiary/aromatic N) is 2. The van der Waals surface area contributed by atoms with Gasteiger partial charge in [0.2, 0.25) is 11.8 Å². The van der Waals surface area contributed by atoms with Gasteiger partial charge in [0.15, 0.2) is 11.5 Å². The van der Waals surface area contributed by atoms with Crippen LogP contribution in [0.15, 0.2) is 24.3 Å². The molecule has 0 spiro atoms. The molecule has 3 rings (SSSR count). The van der Waals surface area contributed by atoms with Gasteiger partial charge in [-0.15, -0.1) is 0 Å². The van der Waals surface area contributed by atoms with Crippen molar-refractivity contribution in [2.45, 2.75) is 19.4 Å². The molecule has 2 amide bonds. The van der Waals surface area contributed by atoms with E-state index >= 15 is 0 Å². The summed E-state index contributed by atoms with van der Waals surface area (Å²) in [5, 5.41) is 9.79. The molecular formula is C16H18N4O4. The fourth-order valence-electron chi connectivity index (χ4n) is 2.65. The van der Waals surface area contributed by atoms with Crippen molar-refractivity contribution in [3.63, 3.8) is 0 Å². The van der Waals surface area contributed by atoms with E-state index in [1.807, 2.05) is 0 Å². The predicted octanol–water partition coefficient (Wildman–Crippen LogP) is 1.73. The van der Waals surface area contributed by atoms with Gasteiger partial charge in [-0.2, -0.15) is 5.10 Å². The molecule has 2 heterocycles. The predicted molar refractivity (Wildman–Crippen MR) is 87.4 cm³/mol. The largest absolute Gasteiger partial charge is 0.493 e. The van der Waals surface area contributed by atoms with Crippen molar-refractivity contribution in [3.05, 3.63) is 30.0 Å². The van der Waals surface area contributed by atoms with Crippen LogP contribution in [0.2, 0.25) is 0 Å². The molecule has 8 heteroatoms. The molecule has 1 atom stereocenters. The van der Waals surface area contributed by atoms with Crippen molar-refractivity contribution in [2.24, 2.45) is 0 Å². The number of hydrogen-bond donors (Lipinski definition) is 2. The number of aryl methyl sites for hydroxylation is 1. The molecule has 24 heavy (non-hydrogen) atoms. The lowest BCUT2D eigenvalue weighted by Crippen LogP contribution is -2.35. The summed E-state index contributed by atoms with van der Waals surface area (Å²) in [6, 6.07) is 6.10. The highest BCUT2D eigenvalue weighted by Crippen LogP contribution is 2.31. The Morgan fingerprint density at radius 1 is 1.29 bits per heavy atom. The van der Waals surface area contributed by atoms with Crippen molar-refractivity contribution in [1.29, 1.82) is 0 Å². The van der Waals surface area contributed by atoms with Crippen LogP contribution < -0.4 is 20.1 Å². The van der Waals surface area contributed by atoms with Crippen LogP contribution in [0.1, 0.15) is 18.2 Å². The number of ether oxygens (including phenoxy) is 2. The minimum Gasteiger partial charge on any atom is -0.493 e. The second-order valence-electron chi connectivity index (χ2n) is 5.44. The SMILES string of the molecule is COc1ccc(NC(=O)C2CC(=O)Nc3cc(C)nn32)cc1OC. The number of hydrogen-bond acceptors (Lipinski definition) is 5. The monoisotopic (exact) mass is 330 g/mol. The van der Waals surface area contributed by atoms with Crippen molar-refractivity contribution in [1.82, 2.24) is 9.78 Å². The average molecular weight is 330 g/mol. The molecule has 1 aliphatic rings. The minimum atomic E-state index is -0.699. The Morgan fingerprint density at radius 3 is 2.75 bits per heavy atom. The molecule has 0 saturated heterocycles. The first-order chi connectivity index (χ1) is 11.5. The summed E-state index contributed by atoms with van der Waals surface area (Å²) in [7, 11) is 3.06. The lowest BCUT2D eigenvalue weighted by molar-refractivity contribution is -0.125. The normalized spacial score (nSPS) is 16.1. The third-order valence-corrected chi connectivity index (χ3v) is 3.75. The number of carbonyl (C=O) groups is 2. The molecule has 2 N–H and O–H groups in total. The molecule has 0 aliphatic carbocycles. The van der Waals surface area contributed by atoms with Crippen molar-refractivity contribution in [2.75, 3.05) is 24.9 Å². The highest BCUT2D eigenvalue weighted by molar-refractivity contribution is 6.01. The zero-order valence-corrected chi connectivity index (χ0v) is 13.6. The molecule has 0 radical (unpaired) electrons. The summed E-state index contributed by atoms with van der Waals surface area (Å²) < 4.78 is 11.9. The summed E-state index contributed by atoms with van der Waals surface area (Å²) in [6.07, 6.45) is 0.0350. The molecule has 0 fully saturated rings. The van der Waals surface area contributed by atoms with Crippen LogP contribution in [-0.2, 0) is 9.59 Å². The quantitative estimate of drug-likeness (QED) is 0.890. The van der Waals surface area contributed by atoms with E-state index in [0.29, 0.717) is 23.0 Å². The smallest absolute Gasteiger partial charge is 0.249 e. The number of nitrogens with one attached hydrogen (secondary N) is 2. The van der Waals surface area contributed by atoms with Gasteiger partial charge >= 0.3 is 0 Å². The first-order valence-electron chi connectivity index (χ1n) is 7.40. The highest BCUT2D eigenvalue weighted by atomic mass is 16.5. The zero-order valence-electron chi connectivity index (χ0n) is 13.6. The summed E-state index contributed by atoms with van der Waals surface area (Å²) in [4.78, 5) is 24.4. The van der Waals surface area contributed by atoms with Crippen molar-refractivity contribution in [3.8, 4) is 11.5 Å². The molecule has 8 nitrogen and oxygen atoms in total. The number of rotatable bonds is 4. The maximum Gasteiger partial charge on any atom is 0.249 e. The third-order valence-electron chi connectivity index (χ3n) is 3.75. The van der Waals surface area contributed by atoms with Crippen LogP contribution in [0.25, 0.3) is 0 Å². The van der Waals surface area contributed by atoms with Gasteiger partial charge in [-0.3, -0.25) is 9.59 Å². The molecule has 1 aliphatic heterocycles. The number of aromatic nitrogens is 2. The van der Waals surface area contributed by atoms with E-state index in [0.717, 1.165) is 5.69 Å². The van der Waals surface area contributed by atoms with Gasteiger partial charge in [-0.05, 0) is 19.1 Å². The molecule has 0 saturated carbocycles. The molecule has 1 aromatic heterocycles. The Bertz CT molecular complexity index is 799. The van der Waals surface area contributed by atoms with Crippen LogP contribution in [0, 0.1) is 6.92 Å². The second kappa shape index (κ2) is 6.23. The Morgan fingerprint density at radius 2 is 2.04 bits per heavy atom. The van der Waals surface area contributed by atoms with Gasteiger partial charge in [0, 0.05) is 17.8 Å². The molecule has 2 aromatic rings. The first kappa shape index (κ1) is 15.9. The standard InChI is InChI=1S/C16H18N4O4/c1-9-6-14-18-15(21)8-11(20(14)19-9)16(22)17-10-4-5-12(23-2)13(7-10)24-3/h4-7,11H,8H2,1-3H3,(H,17,22)(H,18,21). The maximum absolute atomic E-state index is 12.6. The van der Waals surface area contributed by atoms with Crippen LogP contribution in [0.3, 0.4) is 0 Å². The average Bonchev–Trinajstić information content (AvgIpc) is 2.93. The van der Waals surface area contributed by atoms with Gasteiger partial charge in [0.05, 0.1) is 26.3 Å². The fourth-order valence-corrected chi connectivity index (χ4v) is 2.65. The Hall–Kier alpha value is -3.03. The topological polar surface area (TPSA) is 94.5 Å².